The summed E-state index contributed by atoms with van der Waals surface area (Å²) in [4.78, 5) is 21.9. The number of nitrogens with zero attached hydrogens (tertiary/aromatic N) is 5. The number of rotatable bonds is 10. The molecule has 4 aromatic rings. The van der Waals surface area contributed by atoms with Crippen molar-refractivity contribution in [1.29, 1.82) is 0 Å². The third-order valence-corrected chi connectivity index (χ3v) is 5.41. The number of amides is 1. The van der Waals surface area contributed by atoms with Crippen LogP contribution in [-0.2, 0) is 6.54 Å². The molecule has 3 aromatic heterocycles. The van der Waals surface area contributed by atoms with Crippen LogP contribution in [0.2, 0.25) is 0 Å². The highest BCUT2D eigenvalue weighted by molar-refractivity contribution is 6.07. The summed E-state index contributed by atoms with van der Waals surface area (Å²) in [7, 11) is 0. The van der Waals surface area contributed by atoms with Crippen LogP contribution < -0.4 is 5.32 Å². The molecule has 32 heavy (non-hydrogen) atoms. The van der Waals surface area contributed by atoms with Crippen molar-refractivity contribution in [3.63, 3.8) is 0 Å². The lowest BCUT2D eigenvalue weighted by molar-refractivity contribution is 0.0923. The van der Waals surface area contributed by atoms with E-state index in [2.05, 4.69) is 62.0 Å². The van der Waals surface area contributed by atoms with Crippen LogP contribution in [0.15, 0.2) is 41.3 Å². The first-order valence-corrected chi connectivity index (χ1v) is 11.1. The summed E-state index contributed by atoms with van der Waals surface area (Å²) < 4.78 is 7.65. The van der Waals surface area contributed by atoms with Crippen molar-refractivity contribution < 1.29 is 9.32 Å². The first-order valence-electron chi connectivity index (χ1n) is 11.1. The van der Waals surface area contributed by atoms with Gasteiger partial charge in [0.25, 0.3) is 5.91 Å². The Kier molecular flexibility index (Phi) is 6.63. The van der Waals surface area contributed by atoms with E-state index in [4.69, 9.17) is 4.52 Å². The largest absolute Gasteiger partial charge is 0.347 e. The van der Waals surface area contributed by atoms with Gasteiger partial charge in [-0.1, -0.05) is 57.0 Å². The maximum Gasteiger partial charge on any atom is 0.254 e. The number of fused-ring (bicyclic) bond motifs is 1. The van der Waals surface area contributed by atoms with E-state index in [0.717, 1.165) is 36.7 Å². The number of carbonyl (C=O) groups is 1. The fraction of sp³-hybridized carbons (Fsp3) is 0.435. The average molecular weight is 436 g/mol. The summed E-state index contributed by atoms with van der Waals surface area (Å²) in [5.74, 6) is 1.25. The highest BCUT2D eigenvalue weighted by atomic mass is 16.5. The molecule has 2 N–H and O–H groups in total. The molecule has 0 saturated carbocycles. The Labute approximate surface area is 186 Å². The Morgan fingerprint density at radius 2 is 2.09 bits per heavy atom. The minimum absolute atomic E-state index is 0.152. The molecule has 9 nitrogen and oxygen atoms in total. The standard InChI is InChI=1S/C23H29N7O2/c1-4-5-8-11-30-13-17(16-9-6-7-10-19(16)30)22(31)26-18(12-15(2)3)23-27-21(29-32-23)20-24-14-25-28-20/h6-7,9-10,13-15,18H,4-5,8,11-12H2,1-3H3,(H,26,31)(H,24,25,28)/t18-/m0/s1. The van der Waals surface area contributed by atoms with Gasteiger partial charge in [-0.2, -0.15) is 10.1 Å². The zero-order chi connectivity index (χ0) is 22.5. The molecule has 0 aliphatic heterocycles. The first kappa shape index (κ1) is 21.7. The minimum atomic E-state index is -0.408. The summed E-state index contributed by atoms with van der Waals surface area (Å²) >= 11 is 0. The number of aromatic nitrogens is 6. The lowest BCUT2D eigenvalue weighted by Gasteiger charge is -2.16. The van der Waals surface area contributed by atoms with Gasteiger partial charge in [-0.25, -0.2) is 4.98 Å². The van der Waals surface area contributed by atoms with E-state index in [1.165, 1.54) is 6.33 Å². The van der Waals surface area contributed by atoms with E-state index in [1.54, 1.807) is 0 Å². The highest BCUT2D eigenvalue weighted by Gasteiger charge is 2.25. The summed E-state index contributed by atoms with van der Waals surface area (Å²) in [6.45, 7) is 7.26. The Bertz CT molecular complexity index is 1160. The van der Waals surface area contributed by atoms with Crippen molar-refractivity contribution in [3.8, 4) is 11.6 Å². The SMILES string of the molecule is CCCCCn1cc(C(=O)N[C@@H](CC(C)C)c2nc(-c3ncn[nH]3)no2)c2ccccc21. The Balaban J connectivity index is 1.59. The molecule has 4 rings (SSSR count). The van der Waals surface area contributed by atoms with Crippen molar-refractivity contribution in [3.05, 3.63) is 48.2 Å². The van der Waals surface area contributed by atoms with Crippen LogP contribution in [0.1, 0.15) is 68.7 Å². The van der Waals surface area contributed by atoms with Gasteiger partial charge in [0.1, 0.15) is 12.4 Å². The van der Waals surface area contributed by atoms with Gasteiger partial charge in [-0.15, -0.1) is 0 Å². The van der Waals surface area contributed by atoms with Gasteiger partial charge < -0.3 is 14.4 Å². The number of H-pyrrole nitrogens is 1. The fourth-order valence-corrected chi connectivity index (χ4v) is 3.86. The summed E-state index contributed by atoms with van der Waals surface area (Å²) in [6.07, 6.45) is 7.40. The highest BCUT2D eigenvalue weighted by Crippen LogP contribution is 2.26. The number of aryl methyl sites for hydroxylation is 1. The fourth-order valence-electron chi connectivity index (χ4n) is 3.86. The van der Waals surface area contributed by atoms with Crippen molar-refractivity contribution in [2.24, 2.45) is 5.92 Å². The van der Waals surface area contributed by atoms with Crippen LogP contribution >= 0.6 is 0 Å². The molecule has 0 saturated heterocycles. The zero-order valence-corrected chi connectivity index (χ0v) is 18.7. The van der Waals surface area contributed by atoms with E-state index in [0.29, 0.717) is 35.4 Å². The van der Waals surface area contributed by atoms with Crippen molar-refractivity contribution in [2.45, 2.75) is 59.0 Å². The molecule has 3 heterocycles. The Hall–Kier alpha value is -3.49. The average Bonchev–Trinajstić information content (AvgIpc) is 3.53. The number of benzene rings is 1. The van der Waals surface area contributed by atoms with Crippen LogP contribution in [0.5, 0.6) is 0 Å². The van der Waals surface area contributed by atoms with Gasteiger partial charge in [0, 0.05) is 23.6 Å². The third-order valence-electron chi connectivity index (χ3n) is 5.41. The lowest BCUT2D eigenvalue weighted by Crippen LogP contribution is -2.29. The molecule has 1 aromatic carbocycles. The van der Waals surface area contributed by atoms with E-state index in [-0.39, 0.29) is 5.91 Å². The normalized spacial score (nSPS) is 12.5. The van der Waals surface area contributed by atoms with Crippen LogP contribution in [0.3, 0.4) is 0 Å². The van der Waals surface area contributed by atoms with Gasteiger partial charge in [0.05, 0.1) is 5.56 Å². The molecule has 0 bridgehead atoms. The Morgan fingerprint density at radius 1 is 1.25 bits per heavy atom. The first-order chi connectivity index (χ1) is 15.6. The molecule has 0 unspecified atom stereocenters. The van der Waals surface area contributed by atoms with Gasteiger partial charge in [-0.3, -0.25) is 9.89 Å². The van der Waals surface area contributed by atoms with Gasteiger partial charge in [0.15, 0.2) is 5.82 Å². The molecule has 1 amide bonds. The predicted octanol–water partition coefficient (Wildman–Crippen LogP) is 4.52. The molecule has 168 valence electrons. The van der Waals surface area contributed by atoms with Crippen molar-refractivity contribution in [2.75, 3.05) is 0 Å². The zero-order valence-electron chi connectivity index (χ0n) is 18.7. The molecule has 0 radical (unpaired) electrons. The number of hydrogen-bond acceptors (Lipinski definition) is 6. The molecular weight excluding hydrogens is 406 g/mol. The molecule has 0 aliphatic rings. The summed E-state index contributed by atoms with van der Waals surface area (Å²) in [6, 6.07) is 7.61. The number of nitrogens with one attached hydrogen (secondary N) is 2. The van der Waals surface area contributed by atoms with E-state index >= 15 is 0 Å². The maximum absolute atomic E-state index is 13.4. The smallest absolute Gasteiger partial charge is 0.254 e. The second kappa shape index (κ2) is 9.76. The van der Waals surface area contributed by atoms with E-state index in [1.807, 2.05) is 24.4 Å². The number of carbonyl (C=O) groups excluding carboxylic acids is 1. The van der Waals surface area contributed by atoms with Crippen LogP contribution in [0.25, 0.3) is 22.6 Å². The number of para-hydroxylation sites is 1. The molecule has 9 heteroatoms. The van der Waals surface area contributed by atoms with Crippen LogP contribution in [0, 0.1) is 5.92 Å². The number of unbranched alkanes of at least 4 members (excludes halogenated alkanes) is 2. The molecule has 0 aliphatic carbocycles. The second-order valence-electron chi connectivity index (χ2n) is 8.41. The topological polar surface area (TPSA) is 115 Å². The molecule has 1 atom stereocenters. The summed E-state index contributed by atoms with van der Waals surface area (Å²) in [5.41, 5.74) is 1.72. The number of hydrogen-bond donors (Lipinski definition) is 2. The molecule has 0 spiro atoms. The van der Waals surface area contributed by atoms with Crippen LogP contribution in [0.4, 0.5) is 0 Å². The van der Waals surface area contributed by atoms with Gasteiger partial charge in [0.2, 0.25) is 11.7 Å². The van der Waals surface area contributed by atoms with Gasteiger partial charge in [-0.05, 0) is 24.8 Å². The predicted molar refractivity (Wildman–Crippen MR) is 121 cm³/mol. The maximum atomic E-state index is 13.4. The third kappa shape index (κ3) is 4.71. The van der Waals surface area contributed by atoms with E-state index in [9.17, 15) is 4.79 Å². The summed E-state index contributed by atoms with van der Waals surface area (Å²) in [5, 5.41) is 14.6. The minimum Gasteiger partial charge on any atom is -0.347 e. The lowest BCUT2D eigenvalue weighted by atomic mass is 10.0. The number of aromatic amines is 1. The monoisotopic (exact) mass is 435 g/mol. The molecule has 0 fully saturated rings. The quantitative estimate of drug-likeness (QED) is 0.354. The van der Waals surface area contributed by atoms with Crippen LogP contribution in [-0.4, -0.2) is 35.8 Å². The van der Waals surface area contributed by atoms with Crippen molar-refractivity contribution >= 4 is 16.8 Å². The van der Waals surface area contributed by atoms with Gasteiger partial charge >= 0.3 is 0 Å². The van der Waals surface area contributed by atoms with E-state index < -0.39 is 6.04 Å². The molecular formula is C23H29N7O2. The van der Waals surface area contributed by atoms with Crippen molar-refractivity contribution in [1.82, 2.24) is 35.2 Å². The second-order valence-corrected chi connectivity index (χ2v) is 8.41. The Morgan fingerprint density at radius 3 is 2.84 bits per heavy atom.